The fourth-order valence-electron chi connectivity index (χ4n) is 5.01. The minimum absolute atomic E-state index is 0.197. The number of hydrogen-bond donors (Lipinski definition) is 3. The van der Waals surface area contributed by atoms with Crippen molar-refractivity contribution < 1.29 is 41.9 Å². The van der Waals surface area contributed by atoms with E-state index < -0.39 is 60.0 Å². The second-order valence-electron chi connectivity index (χ2n) is 11.0. The van der Waals surface area contributed by atoms with E-state index >= 15 is 0 Å². The molecule has 0 bridgehead atoms. The molecule has 3 atom stereocenters. The maximum Gasteiger partial charge on any atom is 0.522 e. The fourth-order valence-corrected chi connectivity index (χ4v) is 5.01. The number of ether oxygens (including phenoxy) is 1. The van der Waals surface area contributed by atoms with E-state index in [0.29, 0.717) is 13.0 Å². The maximum atomic E-state index is 13.3. The Hall–Kier alpha value is -2.70. The van der Waals surface area contributed by atoms with E-state index in [1.54, 1.807) is 20.8 Å². The number of carbonyl (C=O) groups excluding carboxylic acids is 5. The van der Waals surface area contributed by atoms with Crippen LogP contribution in [0.3, 0.4) is 0 Å². The van der Waals surface area contributed by atoms with Crippen LogP contribution in [0.15, 0.2) is 0 Å². The molecule has 3 aliphatic rings. The van der Waals surface area contributed by atoms with Crippen molar-refractivity contribution in [2.24, 2.45) is 11.3 Å². The number of nitrogens with one attached hydrogen (secondary N) is 3. The van der Waals surface area contributed by atoms with Crippen LogP contribution in [0, 0.1) is 11.3 Å². The molecule has 2 aliphatic heterocycles. The molecule has 2 heterocycles. The molecule has 0 aromatic carbocycles. The predicted molar refractivity (Wildman–Crippen MR) is 119 cm³/mol. The number of carbonyl (C=O) groups is 5. The molecule has 0 aromatic rings. The van der Waals surface area contributed by atoms with Gasteiger partial charge in [-0.15, -0.1) is 13.2 Å². The molecular weight excluding hydrogens is 485 g/mol. The van der Waals surface area contributed by atoms with Gasteiger partial charge in [0.25, 0.3) is 0 Å². The lowest BCUT2D eigenvalue weighted by Gasteiger charge is -2.37. The van der Waals surface area contributed by atoms with E-state index in [0.717, 1.165) is 19.3 Å². The van der Waals surface area contributed by atoms with Crippen LogP contribution < -0.4 is 16.0 Å². The number of amides is 4. The molecule has 13 heteroatoms. The number of alkyl halides is 3. The summed E-state index contributed by atoms with van der Waals surface area (Å²) in [4.78, 5) is 64.6. The maximum absolute atomic E-state index is 13.3. The molecule has 2 unspecified atom stereocenters. The Kier molecular flexibility index (Phi) is 8.01. The Balaban J connectivity index is 1.76. The van der Waals surface area contributed by atoms with Crippen molar-refractivity contribution >= 4 is 29.4 Å². The Morgan fingerprint density at radius 3 is 2.36 bits per heavy atom. The van der Waals surface area contributed by atoms with Crippen molar-refractivity contribution in [1.82, 2.24) is 20.9 Å². The lowest BCUT2D eigenvalue weighted by Crippen LogP contribution is -2.55. The van der Waals surface area contributed by atoms with Crippen molar-refractivity contribution in [3.8, 4) is 0 Å². The van der Waals surface area contributed by atoms with Crippen molar-refractivity contribution in [2.75, 3.05) is 19.7 Å². The van der Waals surface area contributed by atoms with E-state index in [2.05, 4.69) is 20.7 Å². The molecule has 0 aromatic heterocycles. The average molecular weight is 519 g/mol. The highest BCUT2D eigenvalue weighted by Crippen LogP contribution is 2.50. The van der Waals surface area contributed by atoms with Gasteiger partial charge in [-0.05, 0) is 58.3 Å². The number of Topliss-reactive ketones (excluding diaryl/α,β-unsaturated/α-hetero) is 1. The smallest absolute Gasteiger partial charge is 0.356 e. The quantitative estimate of drug-likeness (QED) is 0.427. The van der Waals surface area contributed by atoms with E-state index in [1.807, 2.05) is 0 Å². The number of likely N-dealkylation sites (tertiary alicyclic amines) is 1. The topological polar surface area (TPSA) is 134 Å². The molecule has 1 aliphatic carbocycles. The van der Waals surface area contributed by atoms with Gasteiger partial charge in [0.15, 0.2) is 5.78 Å². The van der Waals surface area contributed by atoms with Gasteiger partial charge < -0.3 is 20.9 Å². The summed E-state index contributed by atoms with van der Waals surface area (Å²) in [7, 11) is 0. The molecule has 36 heavy (non-hydrogen) atoms. The van der Waals surface area contributed by atoms with Crippen LogP contribution in [0.2, 0.25) is 0 Å². The average Bonchev–Trinajstić information content (AvgIpc) is 3.33. The van der Waals surface area contributed by atoms with Crippen molar-refractivity contribution in [1.29, 1.82) is 0 Å². The van der Waals surface area contributed by atoms with Gasteiger partial charge >= 0.3 is 18.2 Å². The highest BCUT2D eigenvalue weighted by atomic mass is 19.4. The zero-order valence-corrected chi connectivity index (χ0v) is 20.6. The molecule has 1 saturated carbocycles. The number of halogens is 3. The number of hydrogen-bond acceptors (Lipinski definition) is 6. The van der Waals surface area contributed by atoms with Crippen molar-refractivity contribution in [2.45, 2.75) is 83.3 Å². The van der Waals surface area contributed by atoms with E-state index in [1.165, 1.54) is 4.90 Å². The SMILES string of the molecule is CC(C)(C)NC(=O)C(=O)N1CC2(CCC2)CC1C(=O)NC(C[C@@H]1CCNC1=O)C(=O)COC(F)(F)F. The zero-order valence-electron chi connectivity index (χ0n) is 20.6. The first-order valence-electron chi connectivity index (χ1n) is 12.0. The number of ketones is 1. The van der Waals surface area contributed by atoms with Gasteiger partial charge in [0.1, 0.15) is 12.6 Å². The van der Waals surface area contributed by atoms with Gasteiger partial charge in [0.05, 0.1) is 6.04 Å². The molecule has 202 valence electrons. The summed E-state index contributed by atoms with van der Waals surface area (Å²) >= 11 is 0. The summed E-state index contributed by atoms with van der Waals surface area (Å²) in [5, 5.41) is 7.62. The zero-order chi connectivity index (χ0) is 26.9. The largest absolute Gasteiger partial charge is 0.522 e. The second-order valence-corrected chi connectivity index (χ2v) is 11.0. The molecule has 3 fully saturated rings. The summed E-state index contributed by atoms with van der Waals surface area (Å²) in [5.74, 6) is -4.57. The van der Waals surface area contributed by atoms with Crippen LogP contribution in [0.4, 0.5) is 13.2 Å². The highest BCUT2D eigenvalue weighted by molar-refractivity contribution is 6.35. The first-order chi connectivity index (χ1) is 16.6. The van der Waals surface area contributed by atoms with Crippen LogP contribution in [-0.2, 0) is 28.7 Å². The Bertz CT molecular complexity index is 913. The Labute approximate surface area is 207 Å². The minimum atomic E-state index is -5.04. The first-order valence-corrected chi connectivity index (χ1v) is 12.0. The third kappa shape index (κ3) is 6.95. The monoisotopic (exact) mass is 518 g/mol. The lowest BCUT2D eigenvalue weighted by atomic mass is 9.67. The molecule has 2 saturated heterocycles. The van der Waals surface area contributed by atoms with Crippen molar-refractivity contribution in [3.05, 3.63) is 0 Å². The third-order valence-corrected chi connectivity index (χ3v) is 6.94. The fraction of sp³-hybridized carbons (Fsp3) is 0.783. The summed E-state index contributed by atoms with van der Waals surface area (Å²) in [6.07, 6.45) is -2.15. The molecule has 10 nitrogen and oxygen atoms in total. The molecule has 4 amide bonds. The molecule has 0 radical (unpaired) electrons. The standard InChI is InChI=1S/C23H33F3N4O6/c1-21(2,3)29-19(34)20(35)30-12-22(6-4-7-22)10-15(30)18(33)28-14(9-13-5-8-27-17(13)32)16(31)11-36-23(24,25)26/h13-15H,4-12H2,1-3H3,(H,27,32)(H,28,33)(H,29,34)/t13-,14?,15?/m0/s1. The van der Waals surface area contributed by atoms with Gasteiger partial charge in [-0.25, -0.2) is 0 Å². The number of rotatable bonds is 7. The van der Waals surface area contributed by atoms with Gasteiger partial charge in [-0.1, -0.05) is 6.42 Å². The van der Waals surface area contributed by atoms with Crippen LogP contribution >= 0.6 is 0 Å². The van der Waals surface area contributed by atoms with Gasteiger partial charge in [0.2, 0.25) is 11.8 Å². The minimum Gasteiger partial charge on any atom is -0.356 e. The van der Waals surface area contributed by atoms with Crippen LogP contribution in [-0.4, -0.2) is 78.0 Å². The van der Waals surface area contributed by atoms with E-state index in [9.17, 15) is 37.1 Å². The van der Waals surface area contributed by atoms with Crippen LogP contribution in [0.5, 0.6) is 0 Å². The van der Waals surface area contributed by atoms with Gasteiger partial charge in [-0.3, -0.25) is 28.7 Å². The Morgan fingerprint density at radius 2 is 1.86 bits per heavy atom. The first kappa shape index (κ1) is 27.9. The molecule has 1 spiro atoms. The second kappa shape index (κ2) is 10.3. The Morgan fingerprint density at radius 1 is 1.19 bits per heavy atom. The van der Waals surface area contributed by atoms with E-state index in [-0.39, 0.29) is 30.7 Å². The summed E-state index contributed by atoms with van der Waals surface area (Å²) in [6, 6.07) is -2.49. The van der Waals surface area contributed by atoms with Crippen molar-refractivity contribution in [3.63, 3.8) is 0 Å². The number of nitrogens with zero attached hydrogens (tertiary/aromatic N) is 1. The third-order valence-electron chi connectivity index (χ3n) is 6.94. The molecule has 3 N–H and O–H groups in total. The molecule has 3 rings (SSSR count). The predicted octanol–water partition coefficient (Wildman–Crippen LogP) is 0.789. The summed E-state index contributed by atoms with van der Waals surface area (Å²) in [5.41, 5.74) is -1.000. The summed E-state index contributed by atoms with van der Waals surface area (Å²) in [6.45, 7) is 4.35. The molecular formula is C23H33F3N4O6. The summed E-state index contributed by atoms with van der Waals surface area (Å²) < 4.78 is 41.2. The van der Waals surface area contributed by atoms with Crippen LogP contribution in [0.1, 0.15) is 59.3 Å². The lowest BCUT2D eigenvalue weighted by molar-refractivity contribution is -0.321. The normalized spacial score (nSPS) is 24.2. The van der Waals surface area contributed by atoms with Gasteiger partial charge in [-0.2, -0.15) is 0 Å². The van der Waals surface area contributed by atoms with Crippen LogP contribution in [0.25, 0.3) is 0 Å². The van der Waals surface area contributed by atoms with Gasteiger partial charge in [0, 0.05) is 24.5 Å². The highest BCUT2D eigenvalue weighted by Gasteiger charge is 2.53. The van der Waals surface area contributed by atoms with E-state index in [4.69, 9.17) is 0 Å².